The number of likely N-dealkylation sites (N-methyl/N-ethyl adjacent to an activating group) is 1. The fraction of sp³-hybridized carbons (Fsp3) is 0.375. The molecular weight excluding hydrogens is 278 g/mol. The second-order valence-corrected chi connectivity index (χ2v) is 4.88. The van der Waals surface area contributed by atoms with Crippen molar-refractivity contribution in [1.82, 2.24) is 20.0 Å². The first-order chi connectivity index (χ1) is 10.7. The van der Waals surface area contributed by atoms with Gasteiger partial charge in [0, 0.05) is 25.5 Å². The van der Waals surface area contributed by atoms with Crippen LogP contribution in [0, 0.1) is 0 Å². The number of nitrogens with zero attached hydrogens (tertiary/aromatic N) is 3. The number of hydrogen-bond donors (Lipinski definition) is 2. The normalized spacial score (nSPS) is 10.7. The molecule has 0 atom stereocenters. The lowest BCUT2D eigenvalue weighted by Crippen LogP contribution is -2.37. The Bertz CT molecular complexity index is 578. The minimum absolute atomic E-state index is 0.202. The van der Waals surface area contributed by atoms with Gasteiger partial charge in [-0.2, -0.15) is 5.10 Å². The fourth-order valence-corrected chi connectivity index (χ4v) is 2.22. The van der Waals surface area contributed by atoms with E-state index in [9.17, 15) is 4.79 Å². The molecule has 1 aromatic carbocycles. The summed E-state index contributed by atoms with van der Waals surface area (Å²) in [6.07, 6.45) is 3.56. The van der Waals surface area contributed by atoms with E-state index in [0.29, 0.717) is 6.54 Å². The van der Waals surface area contributed by atoms with Crippen LogP contribution in [0.1, 0.15) is 13.8 Å². The van der Waals surface area contributed by atoms with Crippen molar-refractivity contribution in [3.05, 3.63) is 42.7 Å². The summed E-state index contributed by atoms with van der Waals surface area (Å²) in [6, 6.07) is 9.23. The van der Waals surface area contributed by atoms with Crippen LogP contribution in [0.15, 0.2) is 42.7 Å². The minimum atomic E-state index is -0.202. The minimum Gasteiger partial charge on any atom is -0.337 e. The van der Waals surface area contributed by atoms with E-state index >= 15 is 0 Å². The van der Waals surface area contributed by atoms with Gasteiger partial charge in [0.25, 0.3) is 0 Å². The summed E-state index contributed by atoms with van der Waals surface area (Å²) in [4.78, 5) is 14.3. The Morgan fingerprint density at radius 1 is 1.23 bits per heavy atom. The Morgan fingerprint density at radius 2 is 2.00 bits per heavy atom. The average Bonchev–Trinajstić information content (AvgIpc) is 3.06. The zero-order valence-electron chi connectivity index (χ0n) is 13.1. The number of benzene rings is 1. The molecule has 6 heteroatoms. The predicted molar refractivity (Wildman–Crippen MR) is 88.4 cm³/mol. The molecule has 0 spiro atoms. The molecule has 1 heterocycles. The molecule has 0 unspecified atom stereocenters. The highest BCUT2D eigenvalue weighted by Gasteiger charge is 2.08. The van der Waals surface area contributed by atoms with E-state index in [1.165, 1.54) is 0 Å². The van der Waals surface area contributed by atoms with Crippen molar-refractivity contribution in [2.24, 2.45) is 0 Å². The summed E-state index contributed by atoms with van der Waals surface area (Å²) in [6.45, 7) is 7.68. The zero-order chi connectivity index (χ0) is 15.8. The average molecular weight is 301 g/mol. The lowest BCUT2D eigenvalue weighted by atomic mass is 10.2. The Hall–Kier alpha value is -2.34. The number of rotatable bonds is 7. The van der Waals surface area contributed by atoms with Gasteiger partial charge in [-0.15, -0.1) is 0 Å². The highest BCUT2D eigenvalue weighted by Crippen LogP contribution is 2.18. The lowest BCUT2D eigenvalue weighted by molar-refractivity contribution is 0.248. The van der Waals surface area contributed by atoms with Gasteiger partial charge in [0.05, 0.1) is 11.4 Å². The van der Waals surface area contributed by atoms with Crippen molar-refractivity contribution in [3.8, 4) is 5.69 Å². The molecule has 0 radical (unpaired) electrons. The molecule has 0 saturated heterocycles. The molecule has 0 aliphatic rings. The van der Waals surface area contributed by atoms with E-state index in [1.807, 2.05) is 36.5 Å². The molecule has 2 rings (SSSR count). The Labute approximate surface area is 131 Å². The molecule has 2 aromatic rings. The van der Waals surface area contributed by atoms with Gasteiger partial charge in [-0.05, 0) is 31.3 Å². The fourth-order valence-electron chi connectivity index (χ4n) is 2.22. The standard InChI is InChI=1S/C16H23N5O/c1-3-20(4-2)13-11-17-16(22)19-14-8-5-6-9-15(14)21-12-7-10-18-21/h5-10,12H,3-4,11,13H2,1-2H3,(H2,17,19,22). The zero-order valence-corrected chi connectivity index (χ0v) is 13.1. The molecule has 2 amide bonds. The third-order valence-electron chi connectivity index (χ3n) is 3.51. The number of amides is 2. The van der Waals surface area contributed by atoms with E-state index in [0.717, 1.165) is 31.0 Å². The van der Waals surface area contributed by atoms with Crippen LogP contribution in [-0.4, -0.2) is 46.9 Å². The van der Waals surface area contributed by atoms with Crippen LogP contribution in [0.4, 0.5) is 10.5 Å². The number of nitrogens with one attached hydrogen (secondary N) is 2. The van der Waals surface area contributed by atoms with E-state index in [-0.39, 0.29) is 6.03 Å². The van der Waals surface area contributed by atoms with Crippen LogP contribution in [0.5, 0.6) is 0 Å². The van der Waals surface area contributed by atoms with Crippen molar-refractivity contribution >= 4 is 11.7 Å². The number of urea groups is 1. The summed E-state index contributed by atoms with van der Waals surface area (Å²) < 4.78 is 1.73. The Balaban J connectivity index is 1.92. The maximum Gasteiger partial charge on any atom is 0.319 e. The molecule has 1 aromatic heterocycles. The molecule has 118 valence electrons. The van der Waals surface area contributed by atoms with Gasteiger partial charge >= 0.3 is 6.03 Å². The van der Waals surface area contributed by atoms with Gasteiger partial charge in [-0.1, -0.05) is 26.0 Å². The van der Waals surface area contributed by atoms with Crippen molar-refractivity contribution < 1.29 is 4.79 Å². The topological polar surface area (TPSA) is 62.2 Å². The maximum absolute atomic E-state index is 12.0. The van der Waals surface area contributed by atoms with Crippen molar-refractivity contribution in [2.75, 3.05) is 31.5 Å². The van der Waals surface area contributed by atoms with Crippen LogP contribution in [0.25, 0.3) is 5.69 Å². The Kier molecular flexibility index (Phi) is 5.97. The Morgan fingerprint density at radius 3 is 2.68 bits per heavy atom. The second-order valence-electron chi connectivity index (χ2n) is 4.88. The largest absolute Gasteiger partial charge is 0.337 e. The lowest BCUT2D eigenvalue weighted by Gasteiger charge is -2.18. The molecule has 2 N–H and O–H groups in total. The summed E-state index contributed by atoms with van der Waals surface area (Å²) in [5.74, 6) is 0. The highest BCUT2D eigenvalue weighted by atomic mass is 16.2. The van der Waals surface area contributed by atoms with Gasteiger partial charge in [0.1, 0.15) is 0 Å². The quantitative estimate of drug-likeness (QED) is 0.825. The van der Waals surface area contributed by atoms with Crippen molar-refractivity contribution in [1.29, 1.82) is 0 Å². The first-order valence-electron chi connectivity index (χ1n) is 7.60. The molecule has 0 aliphatic heterocycles. The number of carbonyl (C=O) groups excluding carboxylic acids is 1. The second kappa shape index (κ2) is 8.19. The van der Waals surface area contributed by atoms with E-state index < -0.39 is 0 Å². The number of anilines is 1. The SMILES string of the molecule is CCN(CC)CCNC(=O)Nc1ccccc1-n1cccn1. The van der Waals surface area contributed by atoms with Gasteiger partial charge in [-0.3, -0.25) is 0 Å². The van der Waals surface area contributed by atoms with E-state index in [4.69, 9.17) is 0 Å². The number of hydrogen-bond acceptors (Lipinski definition) is 3. The summed E-state index contributed by atoms with van der Waals surface area (Å²) in [7, 11) is 0. The maximum atomic E-state index is 12.0. The monoisotopic (exact) mass is 301 g/mol. The van der Waals surface area contributed by atoms with E-state index in [1.54, 1.807) is 10.9 Å². The van der Waals surface area contributed by atoms with Gasteiger partial charge < -0.3 is 15.5 Å². The van der Waals surface area contributed by atoms with Crippen LogP contribution in [-0.2, 0) is 0 Å². The molecule has 0 aliphatic carbocycles. The summed E-state index contributed by atoms with van der Waals surface area (Å²) in [5, 5.41) is 9.96. The predicted octanol–water partition coefficient (Wildman–Crippen LogP) is 2.34. The smallest absolute Gasteiger partial charge is 0.319 e. The van der Waals surface area contributed by atoms with Crippen LogP contribution >= 0.6 is 0 Å². The van der Waals surface area contributed by atoms with Gasteiger partial charge in [0.2, 0.25) is 0 Å². The third-order valence-corrected chi connectivity index (χ3v) is 3.51. The molecular formula is C16H23N5O. The first-order valence-corrected chi connectivity index (χ1v) is 7.60. The van der Waals surface area contributed by atoms with Gasteiger partial charge in [0.15, 0.2) is 0 Å². The van der Waals surface area contributed by atoms with Crippen molar-refractivity contribution in [2.45, 2.75) is 13.8 Å². The van der Waals surface area contributed by atoms with Gasteiger partial charge in [-0.25, -0.2) is 9.48 Å². The van der Waals surface area contributed by atoms with Crippen LogP contribution in [0.2, 0.25) is 0 Å². The van der Waals surface area contributed by atoms with Crippen LogP contribution < -0.4 is 10.6 Å². The highest BCUT2D eigenvalue weighted by molar-refractivity contribution is 5.91. The summed E-state index contributed by atoms with van der Waals surface area (Å²) in [5.41, 5.74) is 1.57. The molecule has 0 bridgehead atoms. The molecule has 0 saturated carbocycles. The molecule has 0 fully saturated rings. The number of carbonyl (C=O) groups is 1. The summed E-state index contributed by atoms with van der Waals surface area (Å²) >= 11 is 0. The third kappa shape index (κ3) is 4.33. The van der Waals surface area contributed by atoms with Crippen molar-refractivity contribution in [3.63, 3.8) is 0 Å². The first kappa shape index (κ1) is 16.0. The molecule has 22 heavy (non-hydrogen) atoms. The van der Waals surface area contributed by atoms with Crippen LogP contribution in [0.3, 0.4) is 0 Å². The van der Waals surface area contributed by atoms with E-state index in [2.05, 4.69) is 34.5 Å². The number of para-hydroxylation sites is 2. The number of aromatic nitrogens is 2. The molecule has 6 nitrogen and oxygen atoms in total.